The Morgan fingerprint density at radius 2 is 0.500 bits per heavy atom. The van der Waals surface area contributed by atoms with Crippen molar-refractivity contribution in [3.63, 3.8) is 0 Å². The van der Waals surface area contributed by atoms with Gasteiger partial charge in [0.25, 0.3) is 0 Å². The van der Waals surface area contributed by atoms with Gasteiger partial charge in [-0.05, 0) is 0 Å². The van der Waals surface area contributed by atoms with Gasteiger partial charge >= 0.3 is 0 Å². The van der Waals surface area contributed by atoms with Crippen LogP contribution in [0.3, 0.4) is 0 Å². The SMILES string of the molecule is CC.CCC.CCC.CCC.CCC.[3H][3H]. The summed E-state index contributed by atoms with van der Waals surface area (Å²) < 4.78 is 10.0. The van der Waals surface area contributed by atoms with Crippen LogP contribution in [0.5, 0.6) is 0 Å². The Bertz CT molecular complexity index is 16.7. The van der Waals surface area contributed by atoms with Crippen molar-refractivity contribution >= 4 is 0 Å². The predicted octanol–water partition coefficient (Wildman–Crippen LogP) is 6.94. The van der Waals surface area contributed by atoms with E-state index in [-0.39, 0.29) is 0 Å². The van der Waals surface area contributed by atoms with Crippen LogP contribution in [0, 0.1) is 0 Å². The van der Waals surface area contributed by atoms with E-state index in [2.05, 4.69) is 55.4 Å². The molecule has 0 unspecified atom stereocenters. The monoisotopic (exact) mass is 212 g/mol. The van der Waals surface area contributed by atoms with E-state index in [1.54, 1.807) is 0 Å². The molecule has 0 bridgehead atoms. The Balaban J connectivity index is -0.0000000190. The van der Waals surface area contributed by atoms with Gasteiger partial charge in [0.15, 0.2) is 0 Å². The zero-order valence-electron chi connectivity index (χ0n) is 14.8. The van der Waals surface area contributed by atoms with Crippen LogP contribution in [0.1, 0.15) is 97.9 Å². The molecule has 0 saturated carbocycles. The second-order valence-corrected chi connectivity index (χ2v) is 2.83. The van der Waals surface area contributed by atoms with E-state index in [0.717, 1.165) is 0 Å². The fourth-order valence-electron chi connectivity index (χ4n) is 0. The summed E-state index contributed by atoms with van der Waals surface area (Å²) in [5.74, 6) is 0. The largest absolute Gasteiger partial charge is 0.0683 e. The summed E-state index contributed by atoms with van der Waals surface area (Å²) in [6, 6.07) is 0. The number of hydrogen-bond donors (Lipinski definition) is 0. The third-order valence-corrected chi connectivity index (χ3v) is 0. The van der Waals surface area contributed by atoms with Gasteiger partial charge in [-0.3, -0.25) is 0 Å². The van der Waals surface area contributed by atoms with E-state index >= 15 is 0 Å². The molecule has 0 aromatic heterocycles. The molecule has 0 aliphatic rings. The molecule has 0 rings (SSSR count). The minimum atomic E-state index is 1.25. The van der Waals surface area contributed by atoms with Crippen LogP contribution in [0.15, 0.2) is 0 Å². The van der Waals surface area contributed by atoms with E-state index < -0.39 is 0 Å². The maximum absolute atomic E-state index is 5.00. The van der Waals surface area contributed by atoms with Crippen molar-refractivity contribution in [3.05, 3.63) is 0 Å². The summed E-state index contributed by atoms with van der Waals surface area (Å²) >= 11 is 0. The lowest BCUT2D eigenvalue weighted by atomic mass is 10.6. The molecule has 0 aromatic rings. The molecule has 0 heterocycles. The standard InChI is InChI=1S/4C3H8.C2H6.H2/c4*1-3-2;1-2;/h4*3H2,1-2H3;1-2H3;1H/i;;;;;1+2T. The van der Waals surface area contributed by atoms with E-state index in [1.807, 2.05) is 13.8 Å². The Kier molecular flexibility index (Phi) is 198. The van der Waals surface area contributed by atoms with Crippen LogP contribution < -0.4 is 0 Å². The first-order valence-corrected chi connectivity index (χ1v) is 6.66. The van der Waals surface area contributed by atoms with Gasteiger partial charge < -0.3 is 0 Å². The van der Waals surface area contributed by atoms with Gasteiger partial charge in [0.2, 0.25) is 0 Å². The van der Waals surface area contributed by atoms with Crippen LogP contribution >= 0.6 is 0 Å². The topological polar surface area (TPSA) is 0 Å². The van der Waals surface area contributed by atoms with Gasteiger partial charge in [-0.1, -0.05) is 94.9 Å². The van der Waals surface area contributed by atoms with Crippen molar-refractivity contribution in [3.8, 4) is 0 Å². The lowest BCUT2D eigenvalue weighted by molar-refractivity contribution is 1.09. The minimum Gasteiger partial charge on any atom is -0.0683 e. The van der Waals surface area contributed by atoms with Crippen LogP contribution in [0.2, 0.25) is 0 Å². The summed E-state index contributed by atoms with van der Waals surface area (Å²) in [7, 11) is 0. The van der Waals surface area contributed by atoms with Crippen LogP contribution in [-0.4, -0.2) is 0 Å². The maximum atomic E-state index is 5.00. The van der Waals surface area contributed by atoms with E-state index in [9.17, 15) is 0 Å². The highest BCUT2D eigenvalue weighted by Crippen LogP contribution is 1.57. The first-order chi connectivity index (χ1) is 7.66. The minimum absolute atomic E-state index is 1.25. The Morgan fingerprint density at radius 1 is 0.500 bits per heavy atom. The van der Waals surface area contributed by atoms with Crippen molar-refractivity contribution in [2.45, 2.75) is 94.9 Å². The number of rotatable bonds is 0. The van der Waals surface area contributed by atoms with Gasteiger partial charge in [-0.15, -0.1) is 0 Å². The number of hydrogen-bond acceptors (Lipinski definition) is 0. The maximum Gasteiger partial charge on any atom is 0 e. The molecule has 0 heteroatoms. The van der Waals surface area contributed by atoms with Crippen molar-refractivity contribution in [1.82, 2.24) is 0 Å². The third kappa shape index (κ3) is 0. The smallest absolute Gasteiger partial charge is 0 e. The molecule has 0 atom stereocenters. The van der Waals surface area contributed by atoms with Crippen molar-refractivity contribution in [2.24, 2.45) is 0 Å². The molecule has 96 valence electrons. The molecule has 0 N–H and O–H groups in total. The summed E-state index contributed by atoms with van der Waals surface area (Å²) in [5.41, 5.74) is 0. The Hall–Kier alpha value is 0. The molecule has 0 radical (unpaired) electrons. The van der Waals surface area contributed by atoms with Gasteiger partial charge in [0, 0.05) is 2.97 Å². The summed E-state index contributed by atoms with van der Waals surface area (Å²) in [6.07, 6.45) is 5.00. The highest BCUT2D eigenvalue weighted by molar-refractivity contribution is 3.93. The van der Waals surface area contributed by atoms with E-state index in [0.29, 0.717) is 0 Å². The fraction of sp³-hybridized carbons (Fsp3) is 1.00. The first-order valence-electron chi connectivity index (χ1n) is 7.66. The summed E-state index contributed by atoms with van der Waals surface area (Å²) in [5, 5.41) is 0. The lowest BCUT2D eigenvalue weighted by Crippen LogP contribution is -1.27. The molecule has 0 amide bonds. The molecule has 0 aliphatic carbocycles. The highest BCUT2D eigenvalue weighted by atomic mass is 13.4. The van der Waals surface area contributed by atoms with Crippen LogP contribution in [-0.2, 0) is 0 Å². The van der Waals surface area contributed by atoms with Crippen LogP contribution in [0.4, 0.5) is 0 Å². The second kappa shape index (κ2) is 117. The van der Waals surface area contributed by atoms with Crippen molar-refractivity contribution < 1.29 is 2.97 Å². The summed E-state index contributed by atoms with van der Waals surface area (Å²) in [4.78, 5) is 0. The van der Waals surface area contributed by atoms with Gasteiger partial charge in [-0.25, -0.2) is 0 Å². The summed E-state index contributed by atoms with van der Waals surface area (Å²) in [6.45, 7) is 21.0. The lowest BCUT2D eigenvalue weighted by Gasteiger charge is -1.48. The van der Waals surface area contributed by atoms with Crippen LogP contribution in [0.25, 0.3) is 0 Å². The zero-order chi connectivity index (χ0) is 14.8. The van der Waals surface area contributed by atoms with Gasteiger partial charge in [0.1, 0.15) is 0 Å². The average molecular weight is 212 g/mol. The predicted molar refractivity (Wildman–Crippen MR) is 77.3 cm³/mol. The molecule has 0 saturated heterocycles. The highest BCUT2D eigenvalue weighted by Gasteiger charge is 1.36. The fourth-order valence-corrected chi connectivity index (χ4v) is 0. The van der Waals surface area contributed by atoms with E-state index in [4.69, 9.17) is 2.97 Å². The van der Waals surface area contributed by atoms with E-state index in [1.165, 1.54) is 25.7 Å². The quantitative estimate of drug-likeness (QED) is 0.408. The first kappa shape index (κ1) is 23.7. The molecule has 0 spiro atoms. The normalized spacial score (nSPS) is 6.14. The molecular weight excluding hydrogens is 168 g/mol. The Labute approximate surface area is 98.6 Å². The molecule has 0 fully saturated rings. The average Bonchev–Trinajstić information content (AvgIpc) is 2.27. The molecule has 0 nitrogen and oxygen atoms in total. The second-order valence-electron chi connectivity index (χ2n) is 2.83. The molecule has 0 aromatic carbocycles. The van der Waals surface area contributed by atoms with Crippen molar-refractivity contribution in [1.29, 1.82) is 0 Å². The molecule has 0 aliphatic heterocycles. The van der Waals surface area contributed by atoms with Gasteiger partial charge in [0.05, 0.1) is 0 Å². The third-order valence-electron chi connectivity index (χ3n) is 0. The van der Waals surface area contributed by atoms with Crippen molar-refractivity contribution in [2.75, 3.05) is 0 Å². The molecule has 14 heavy (non-hydrogen) atoms. The molecular formula is C14H40. The Morgan fingerprint density at radius 3 is 0.500 bits per heavy atom. The zero-order valence-corrected chi connectivity index (χ0v) is 12.8. The van der Waals surface area contributed by atoms with Gasteiger partial charge in [-0.2, -0.15) is 0 Å².